The topological polar surface area (TPSA) is 32.3 Å². The minimum Gasteiger partial charge on any atom is -0.352 e. The molecule has 1 heterocycles. The van der Waals surface area contributed by atoms with Crippen LogP contribution in [0.1, 0.15) is 50.5 Å². The van der Waals surface area contributed by atoms with Crippen LogP contribution in [0.3, 0.4) is 0 Å². The van der Waals surface area contributed by atoms with Gasteiger partial charge in [0.25, 0.3) is 0 Å². The summed E-state index contributed by atoms with van der Waals surface area (Å²) in [5, 5.41) is 3.33. The van der Waals surface area contributed by atoms with Crippen LogP contribution < -0.4 is 5.32 Å². The van der Waals surface area contributed by atoms with Crippen molar-refractivity contribution in [2.24, 2.45) is 23.2 Å². The number of nitrogens with zero attached hydrogens (tertiary/aromatic N) is 1. The third-order valence-electron chi connectivity index (χ3n) is 7.94. The van der Waals surface area contributed by atoms with E-state index in [-0.39, 0.29) is 22.9 Å². The zero-order chi connectivity index (χ0) is 20.2. The van der Waals surface area contributed by atoms with Crippen LogP contribution in [0.5, 0.6) is 0 Å². The van der Waals surface area contributed by atoms with Gasteiger partial charge in [-0.3, -0.25) is 4.79 Å². The molecule has 0 radical (unpaired) electrons. The van der Waals surface area contributed by atoms with Crippen molar-refractivity contribution < 1.29 is 18.0 Å². The highest BCUT2D eigenvalue weighted by atomic mass is 19.2. The van der Waals surface area contributed by atoms with Crippen molar-refractivity contribution >= 4 is 5.91 Å². The zero-order valence-electron chi connectivity index (χ0n) is 16.7. The highest BCUT2D eigenvalue weighted by Gasteiger charge is 2.54. The molecule has 4 aliphatic carbocycles. The molecule has 6 heteroatoms. The van der Waals surface area contributed by atoms with Crippen LogP contribution in [0.2, 0.25) is 0 Å². The van der Waals surface area contributed by atoms with Crippen molar-refractivity contribution in [2.75, 3.05) is 19.6 Å². The first-order chi connectivity index (χ1) is 13.9. The van der Waals surface area contributed by atoms with E-state index in [4.69, 9.17) is 0 Å². The fourth-order valence-corrected chi connectivity index (χ4v) is 6.92. The summed E-state index contributed by atoms with van der Waals surface area (Å²) in [6.45, 7) is 2.15. The molecule has 0 spiro atoms. The Morgan fingerprint density at radius 2 is 1.69 bits per heavy atom. The lowest BCUT2D eigenvalue weighted by atomic mass is 9.49. The molecule has 0 unspecified atom stereocenters. The maximum Gasteiger partial charge on any atom is 0.226 e. The quantitative estimate of drug-likeness (QED) is 0.748. The Labute approximate surface area is 170 Å². The molecule has 3 nitrogen and oxygen atoms in total. The minimum absolute atomic E-state index is 0.128. The van der Waals surface area contributed by atoms with E-state index in [1.165, 1.54) is 25.3 Å². The summed E-state index contributed by atoms with van der Waals surface area (Å²) in [5.41, 5.74) is 0.0710. The number of benzene rings is 1. The number of amides is 1. The third kappa shape index (κ3) is 3.58. The lowest BCUT2D eigenvalue weighted by Gasteiger charge is -2.55. The van der Waals surface area contributed by atoms with Gasteiger partial charge in [-0.1, -0.05) is 6.07 Å². The molecule has 5 fully saturated rings. The highest BCUT2D eigenvalue weighted by Crippen LogP contribution is 2.60. The van der Waals surface area contributed by atoms with Crippen molar-refractivity contribution in [3.8, 4) is 0 Å². The Morgan fingerprint density at radius 3 is 2.34 bits per heavy atom. The van der Waals surface area contributed by atoms with Crippen LogP contribution in [0.25, 0.3) is 0 Å². The van der Waals surface area contributed by atoms with E-state index in [1.807, 2.05) is 0 Å². The summed E-state index contributed by atoms with van der Waals surface area (Å²) >= 11 is 0. The Balaban J connectivity index is 1.15. The molecule has 4 saturated carbocycles. The van der Waals surface area contributed by atoms with E-state index >= 15 is 0 Å². The van der Waals surface area contributed by atoms with Crippen molar-refractivity contribution in [2.45, 2.75) is 57.4 Å². The Morgan fingerprint density at radius 1 is 1.03 bits per heavy atom. The molecule has 6 rings (SSSR count). The maximum atomic E-state index is 13.9. The molecule has 29 heavy (non-hydrogen) atoms. The van der Waals surface area contributed by atoms with Crippen molar-refractivity contribution in [3.05, 3.63) is 35.1 Å². The van der Waals surface area contributed by atoms with Gasteiger partial charge >= 0.3 is 0 Å². The van der Waals surface area contributed by atoms with E-state index in [1.54, 1.807) is 0 Å². The first kappa shape index (κ1) is 19.4. The summed E-state index contributed by atoms with van der Waals surface area (Å²) in [4.78, 5) is 15.4. The van der Waals surface area contributed by atoms with Crippen LogP contribution in [0.15, 0.2) is 12.1 Å². The largest absolute Gasteiger partial charge is 0.352 e. The molecule has 1 aliphatic heterocycles. The van der Waals surface area contributed by atoms with E-state index in [9.17, 15) is 18.0 Å². The fraction of sp³-hybridized carbons (Fsp3) is 0.696. The molecule has 1 aromatic carbocycles. The predicted molar refractivity (Wildman–Crippen MR) is 104 cm³/mol. The van der Waals surface area contributed by atoms with Crippen LogP contribution in [0, 0.1) is 40.6 Å². The molecule has 1 saturated heterocycles. The minimum atomic E-state index is -1.40. The first-order valence-corrected chi connectivity index (χ1v) is 11.1. The lowest BCUT2D eigenvalue weighted by Crippen LogP contribution is -2.55. The number of nitrogens with one attached hydrogen (secondary N) is 1. The van der Waals surface area contributed by atoms with Gasteiger partial charge < -0.3 is 10.2 Å². The number of hydrogen-bond donors (Lipinski definition) is 1. The molecule has 1 N–H and O–H groups in total. The second-order valence-corrected chi connectivity index (χ2v) is 10.0. The van der Waals surface area contributed by atoms with Crippen LogP contribution >= 0.6 is 0 Å². The SMILES string of the molecule is O=C(N[C@H]1CCN(CCc2ccc(F)c(F)c2F)C1)C12CC3CC(CC(C3)C1)C2. The Hall–Kier alpha value is -1.56. The van der Waals surface area contributed by atoms with E-state index in [2.05, 4.69) is 10.2 Å². The van der Waals surface area contributed by atoms with Gasteiger partial charge in [-0.2, -0.15) is 0 Å². The molecular formula is C23H29F3N2O. The van der Waals surface area contributed by atoms with Gasteiger partial charge in [0.2, 0.25) is 5.91 Å². The van der Waals surface area contributed by atoms with Crippen LogP contribution in [0.4, 0.5) is 13.2 Å². The number of carbonyl (C=O) groups excluding carboxylic acids is 1. The van der Waals surface area contributed by atoms with Gasteiger partial charge in [-0.15, -0.1) is 0 Å². The number of hydrogen-bond acceptors (Lipinski definition) is 2. The predicted octanol–water partition coefficient (Wildman–Crippen LogP) is 4.05. The average Bonchev–Trinajstić information content (AvgIpc) is 3.12. The highest BCUT2D eigenvalue weighted by molar-refractivity contribution is 5.83. The zero-order valence-corrected chi connectivity index (χ0v) is 16.7. The normalized spacial score (nSPS) is 36.0. The van der Waals surface area contributed by atoms with Gasteiger partial charge in [0, 0.05) is 31.1 Å². The van der Waals surface area contributed by atoms with Gasteiger partial charge in [-0.25, -0.2) is 13.2 Å². The molecule has 5 aliphatic rings. The molecule has 1 aromatic rings. The Kier molecular flexibility index (Phi) is 4.88. The van der Waals surface area contributed by atoms with Gasteiger partial charge in [0.05, 0.1) is 0 Å². The number of halogens is 3. The maximum absolute atomic E-state index is 13.9. The first-order valence-electron chi connectivity index (χ1n) is 11.1. The summed E-state index contributed by atoms with van der Waals surface area (Å²) in [6, 6.07) is 2.42. The third-order valence-corrected chi connectivity index (χ3v) is 7.94. The van der Waals surface area contributed by atoms with E-state index in [0.717, 1.165) is 62.6 Å². The van der Waals surface area contributed by atoms with Crippen molar-refractivity contribution in [1.29, 1.82) is 0 Å². The number of rotatable bonds is 5. The molecule has 158 valence electrons. The molecule has 1 atom stereocenters. The Bertz CT molecular complexity index is 776. The van der Waals surface area contributed by atoms with Crippen LogP contribution in [-0.2, 0) is 11.2 Å². The van der Waals surface area contributed by atoms with Crippen LogP contribution in [-0.4, -0.2) is 36.5 Å². The van der Waals surface area contributed by atoms with Gasteiger partial charge in [-0.05, 0) is 80.8 Å². The van der Waals surface area contributed by atoms with E-state index < -0.39 is 17.5 Å². The van der Waals surface area contributed by atoms with Crippen molar-refractivity contribution in [3.63, 3.8) is 0 Å². The lowest BCUT2D eigenvalue weighted by molar-refractivity contribution is -0.146. The van der Waals surface area contributed by atoms with Gasteiger partial charge in [0.1, 0.15) is 0 Å². The smallest absolute Gasteiger partial charge is 0.226 e. The molecular weight excluding hydrogens is 377 g/mol. The fourth-order valence-electron chi connectivity index (χ4n) is 6.92. The number of carbonyl (C=O) groups is 1. The summed E-state index contributed by atoms with van der Waals surface area (Å²) < 4.78 is 40.3. The standard InChI is InChI=1S/C23H29F3N2O/c24-19-2-1-17(20(25)21(19)26)3-5-28-6-4-18(13-28)27-22(29)23-10-14-7-15(11-23)9-16(8-14)12-23/h1-2,14-16,18H,3-13H2,(H,27,29)/t14?,15?,16?,18-,23?/m0/s1. The van der Waals surface area contributed by atoms with E-state index in [0.29, 0.717) is 13.0 Å². The second-order valence-electron chi connectivity index (χ2n) is 10.0. The summed E-state index contributed by atoms with van der Waals surface area (Å²) in [6.07, 6.45) is 8.39. The number of likely N-dealkylation sites (tertiary alicyclic amines) is 1. The monoisotopic (exact) mass is 406 g/mol. The van der Waals surface area contributed by atoms with Crippen molar-refractivity contribution in [1.82, 2.24) is 10.2 Å². The molecule has 4 bridgehead atoms. The summed E-state index contributed by atoms with van der Waals surface area (Å²) in [5.74, 6) is -1.13. The molecule has 1 amide bonds. The average molecular weight is 406 g/mol. The summed E-state index contributed by atoms with van der Waals surface area (Å²) in [7, 11) is 0. The second kappa shape index (κ2) is 7.29. The van der Waals surface area contributed by atoms with Gasteiger partial charge in [0.15, 0.2) is 17.5 Å². The molecule has 0 aromatic heterocycles.